The number of thioether (sulfide) groups is 1. The van der Waals surface area contributed by atoms with Crippen LogP contribution in [-0.4, -0.2) is 21.3 Å². The maximum atomic E-state index is 12.6. The molecule has 1 aliphatic heterocycles. The normalized spacial score (nSPS) is 15.3. The minimum absolute atomic E-state index is 0.172. The molecule has 144 valence electrons. The predicted octanol–water partition coefficient (Wildman–Crippen LogP) is 6.24. The van der Waals surface area contributed by atoms with E-state index in [0.717, 1.165) is 16.8 Å². The second-order valence-corrected chi connectivity index (χ2v) is 8.71. The van der Waals surface area contributed by atoms with Gasteiger partial charge in [0, 0.05) is 15.7 Å². The highest BCUT2D eigenvalue weighted by molar-refractivity contribution is 8.26. The van der Waals surface area contributed by atoms with Gasteiger partial charge in [0.05, 0.1) is 15.0 Å². The number of benzene rings is 2. The van der Waals surface area contributed by atoms with Crippen LogP contribution in [-0.2, 0) is 4.79 Å². The molecule has 5 nitrogen and oxygen atoms in total. The lowest BCUT2D eigenvalue weighted by atomic mass is 10.2. The first-order valence-electron chi connectivity index (χ1n) is 7.50. The number of nitrogens with zero attached hydrogens (tertiary/aromatic N) is 1. The molecule has 0 unspecified atom stereocenters. The van der Waals surface area contributed by atoms with E-state index < -0.39 is 11.9 Å². The van der Waals surface area contributed by atoms with Gasteiger partial charge in [-0.3, -0.25) is 4.79 Å². The molecule has 1 saturated heterocycles. The fourth-order valence-corrected chi connectivity index (χ4v) is 4.09. The number of carbonyl (C=O) groups is 2. The van der Waals surface area contributed by atoms with Crippen LogP contribution < -0.4 is 10.7 Å². The third-order valence-corrected chi connectivity index (χ3v) is 6.04. The van der Waals surface area contributed by atoms with Crippen molar-refractivity contribution in [3.63, 3.8) is 0 Å². The zero-order valence-corrected chi connectivity index (χ0v) is 18.3. The highest BCUT2D eigenvalue weighted by Crippen LogP contribution is 2.33. The van der Waals surface area contributed by atoms with E-state index in [0.29, 0.717) is 31.2 Å². The third kappa shape index (κ3) is 4.92. The molecule has 28 heavy (non-hydrogen) atoms. The second kappa shape index (κ2) is 8.90. The Morgan fingerprint density at radius 3 is 2.46 bits per heavy atom. The van der Waals surface area contributed by atoms with Gasteiger partial charge in [-0.05, 0) is 54.2 Å². The molecule has 2 aromatic rings. The Morgan fingerprint density at radius 2 is 1.79 bits per heavy atom. The first-order chi connectivity index (χ1) is 13.2. The van der Waals surface area contributed by atoms with Crippen LogP contribution in [0.3, 0.4) is 0 Å². The summed E-state index contributed by atoms with van der Waals surface area (Å²) in [5.74, 6) is -0.481. The maximum absolute atomic E-state index is 12.6. The second-order valence-electron chi connectivity index (χ2n) is 5.38. The summed E-state index contributed by atoms with van der Waals surface area (Å²) in [4.78, 5) is 25.1. The van der Waals surface area contributed by atoms with Gasteiger partial charge in [-0.25, -0.2) is 10.2 Å². The lowest BCUT2D eigenvalue weighted by molar-refractivity contribution is -0.123. The molecule has 1 fully saturated rings. The van der Waals surface area contributed by atoms with Crippen molar-refractivity contribution in [2.75, 3.05) is 5.32 Å². The molecule has 11 heteroatoms. The molecule has 0 saturated carbocycles. The maximum Gasteiger partial charge on any atom is 0.338 e. The molecule has 0 aromatic heterocycles. The fraction of sp³-hybridized carbons (Fsp3) is 0. The van der Waals surface area contributed by atoms with E-state index in [2.05, 4.69) is 10.7 Å². The predicted molar refractivity (Wildman–Crippen MR) is 120 cm³/mol. The molecule has 3 rings (SSSR count). The summed E-state index contributed by atoms with van der Waals surface area (Å²) in [5, 5.41) is 5.04. The number of hydrogen-bond donors (Lipinski definition) is 2. The van der Waals surface area contributed by atoms with Gasteiger partial charge in [0.2, 0.25) is 0 Å². The first-order valence-corrected chi connectivity index (χ1v) is 10.2. The molecule has 0 radical (unpaired) electrons. The van der Waals surface area contributed by atoms with E-state index in [1.807, 2.05) is 0 Å². The Kier molecular flexibility index (Phi) is 6.75. The largest absolute Gasteiger partial charge is 0.338 e. The minimum atomic E-state index is -0.666. The number of urea groups is 1. The van der Waals surface area contributed by atoms with Crippen molar-refractivity contribution < 1.29 is 9.59 Å². The zero-order valence-electron chi connectivity index (χ0n) is 13.6. The molecule has 0 aliphatic carbocycles. The van der Waals surface area contributed by atoms with E-state index >= 15 is 0 Å². The van der Waals surface area contributed by atoms with Gasteiger partial charge in [-0.1, -0.05) is 64.2 Å². The summed E-state index contributed by atoms with van der Waals surface area (Å²) in [6.45, 7) is 0. The van der Waals surface area contributed by atoms with Crippen LogP contribution in [0.1, 0.15) is 5.56 Å². The Balaban J connectivity index is 1.71. The molecule has 0 spiro atoms. The Morgan fingerprint density at radius 1 is 1.04 bits per heavy atom. The summed E-state index contributed by atoms with van der Waals surface area (Å²) < 4.78 is 0.172. The molecule has 1 aliphatic rings. The Bertz CT molecular complexity index is 1030. The van der Waals surface area contributed by atoms with E-state index in [-0.39, 0.29) is 9.34 Å². The average Bonchev–Trinajstić information content (AvgIpc) is 2.88. The molecular formula is C17H9Cl4N3O2S2. The van der Waals surface area contributed by atoms with Crippen molar-refractivity contribution >= 4 is 98.4 Å². The van der Waals surface area contributed by atoms with E-state index in [1.54, 1.807) is 30.3 Å². The van der Waals surface area contributed by atoms with Crippen molar-refractivity contribution in [3.8, 4) is 0 Å². The molecular weight excluding hydrogens is 484 g/mol. The number of hydrazine groups is 1. The zero-order chi connectivity index (χ0) is 20.4. The summed E-state index contributed by atoms with van der Waals surface area (Å²) in [5.41, 5.74) is 3.41. The van der Waals surface area contributed by atoms with Crippen LogP contribution in [0.25, 0.3) is 6.08 Å². The number of thiocarbonyl (C=S) groups is 1. The lowest BCUT2D eigenvalue weighted by Crippen LogP contribution is -2.46. The number of anilines is 1. The van der Waals surface area contributed by atoms with E-state index in [4.69, 9.17) is 58.6 Å². The third-order valence-electron chi connectivity index (χ3n) is 3.43. The smallest absolute Gasteiger partial charge is 0.307 e. The Labute approximate surface area is 189 Å². The van der Waals surface area contributed by atoms with Crippen LogP contribution in [0.15, 0.2) is 41.3 Å². The highest BCUT2D eigenvalue weighted by atomic mass is 35.5. The van der Waals surface area contributed by atoms with Gasteiger partial charge in [0.15, 0.2) is 4.32 Å². The van der Waals surface area contributed by atoms with Gasteiger partial charge >= 0.3 is 6.03 Å². The molecule has 0 atom stereocenters. The van der Waals surface area contributed by atoms with Crippen LogP contribution in [0.5, 0.6) is 0 Å². The van der Waals surface area contributed by atoms with Gasteiger partial charge in [0.25, 0.3) is 5.91 Å². The van der Waals surface area contributed by atoms with Crippen LogP contribution in [0, 0.1) is 0 Å². The van der Waals surface area contributed by atoms with Crippen molar-refractivity contribution in [3.05, 3.63) is 67.0 Å². The van der Waals surface area contributed by atoms with Crippen LogP contribution in [0.4, 0.5) is 10.5 Å². The Hall–Kier alpha value is -1.48. The van der Waals surface area contributed by atoms with Gasteiger partial charge in [-0.15, -0.1) is 0 Å². The number of hydrogen-bond acceptors (Lipinski definition) is 4. The summed E-state index contributed by atoms with van der Waals surface area (Å²) in [6.07, 6.45) is 1.58. The molecule has 2 aromatic carbocycles. The molecule has 3 amide bonds. The minimum Gasteiger partial charge on any atom is -0.307 e. The number of nitrogens with one attached hydrogen (secondary N) is 2. The number of amides is 3. The van der Waals surface area contributed by atoms with E-state index in [9.17, 15) is 9.59 Å². The fourth-order valence-electron chi connectivity index (χ4n) is 2.16. The first kappa shape index (κ1) is 21.2. The highest BCUT2D eigenvalue weighted by Gasteiger charge is 2.33. The summed E-state index contributed by atoms with van der Waals surface area (Å²) in [6, 6.07) is 8.83. The number of rotatable bonds is 3. The molecule has 2 N–H and O–H groups in total. The molecule has 1 heterocycles. The number of halogens is 4. The lowest BCUT2D eigenvalue weighted by Gasteiger charge is -2.16. The van der Waals surface area contributed by atoms with Gasteiger partial charge in [-0.2, -0.15) is 5.01 Å². The summed E-state index contributed by atoms with van der Waals surface area (Å²) in [7, 11) is 0. The topological polar surface area (TPSA) is 61.4 Å². The monoisotopic (exact) mass is 491 g/mol. The number of carbonyl (C=O) groups excluding carboxylic acids is 2. The average molecular weight is 493 g/mol. The van der Waals surface area contributed by atoms with Crippen molar-refractivity contribution in [1.29, 1.82) is 0 Å². The van der Waals surface area contributed by atoms with Crippen molar-refractivity contribution in [2.45, 2.75) is 0 Å². The molecule has 0 bridgehead atoms. The van der Waals surface area contributed by atoms with E-state index in [1.165, 1.54) is 12.1 Å². The van der Waals surface area contributed by atoms with Crippen LogP contribution >= 0.6 is 70.4 Å². The standard InChI is InChI=1S/C17H9Cl4N3O2S2/c18-9-2-1-8(12(20)6-9)5-14-15(25)24(17(27)28-14)23-16(26)22-10-3-4-11(19)13(21)7-10/h1-7H,(H2,22,23,26)/b14-5+. The van der Waals surface area contributed by atoms with Crippen LogP contribution in [0.2, 0.25) is 20.1 Å². The van der Waals surface area contributed by atoms with Crippen molar-refractivity contribution in [1.82, 2.24) is 10.4 Å². The summed E-state index contributed by atoms with van der Waals surface area (Å²) >= 11 is 30.0. The van der Waals surface area contributed by atoms with Crippen molar-refractivity contribution in [2.24, 2.45) is 0 Å². The quantitative estimate of drug-likeness (QED) is 0.393. The van der Waals surface area contributed by atoms with Gasteiger partial charge < -0.3 is 5.32 Å². The SMILES string of the molecule is O=C(Nc1ccc(Cl)c(Cl)c1)NN1C(=O)/C(=C\c2ccc(Cl)cc2Cl)SC1=S. The van der Waals surface area contributed by atoms with Gasteiger partial charge in [0.1, 0.15) is 0 Å².